The topological polar surface area (TPSA) is 95.2 Å². The molecule has 1 aliphatic carbocycles. The number of rotatable bonds is 5. The van der Waals surface area contributed by atoms with Gasteiger partial charge < -0.3 is 10.3 Å². The van der Waals surface area contributed by atoms with Gasteiger partial charge in [0.25, 0.3) is 0 Å². The standard InChI is InChI=1S/C27H34N4O3S/c1-18-8-6-12-23(19(18)2)30-27(32)21-11-7-15-31(17-21)35(33,34)22-13-14-24-25(16-22)29-26(28-24)20-9-4-3-5-10-20/h3-5,9-10,13-14,16,18-19,21,23H,6-8,11-12,15,17H2,1-2H3,(H,28,29)(H,30,32). The molecular weight excluding hydrogens is 460 g/mol. The third kappa shape index (κ3) is 4.86. The Labute approximate surface area is 207 Å². The number of aromatic amines is 1. The minimum atomic E-state index is -3.72. The average Bonchev–Trinajstić information content (AvgIpc) is 3.31. The molecule has 1 amide bonds. The molecule has 0 radical (unpaired) electrons. The molecule has 2 fully saturated rings. The first kappa shape index (κ1) is 24.0. The molecule has 7 nitrogen and oxygen atoms in total. The molecule has 1 aliphatic heterocycles. The summed E-state index contributed by atoms with van der Waals surface area (Å²) in [5.74, 6) is 1.42. The van der Waals surface area contributed by atoms with Crippen LogP contribution in [0.4, 0.5) is 0 Å². The van der Waals surface area contributed by atoms with Crippen molar-refractivity contribution in [3.05, 3.63) is 48.5 Å². The van der Waals surface area contributed by atoms with Crippen molar-refractivity contribution < 1.29 is 13.2 Å². The van der Waals surface area contributed by atoms with E-state index >= 15 is 0 Å². The number of H-pyrrole nitrogens is 1. The molecule has 4 unspecified atom stereocenters. The van der Waals surface area contributed by atoms with Crippen LogP contribution in [0.2, 0.25) is 0 Å². The van der Waals surface area contributed by atoms with Crippen LogP contribution in [-0.2, 0) is 14.8 Å². The molecule has 0 spiro atoms. The predicted octanol–water partition coefficient (Wildman–Crippen LogP) is 4.57. The van der Waals surface area contributed by atoms with Crippen molar-refractivity contribution in [2.24, 2.45) is 17.8 Å². The van der Waals surface area contributed by atoms with Gasteiger partial charge in [-0.05, 0) is 49.3 Å². The maximum atomic E-state index is 13.5. The minimum absolute atomic E-state index is 0.00706. The van der Waals surface area contributed by atoms with Gasteiger partial charge in [0.15, 0.2) is 0 Å². The maximum absolute atomic E-state index is 13.5. The predicted molar refractivity (Wildman–Crippen MR) is 137 cm³/mol. The molecule has 186 valence electrons. The lowest BCUT2D eigenvalue weighted by Crippen LogP contribution is -2.50. The molecule has 2 aliphatic rings. The summed E-state index contributed by atoms with van der Waals surface area (Å²) in [4.78, 5) is 21.2. The monoisotopic (exact) mass is 494 g/mol. The number of hydrogen-bond acceptors (Lipinski definition) is 4. The molecule has 2 heterocycles. The van der Waals surface area contributed by atoms with E-state index < -0.39 is 10.0 Å². The van der Waals surface area contributed by atoms with Crippen LogP contribution in [0.15, 0.2) is 53.4 Å². The van der Waals surface area contributed by atoms with E-state index in [1.807, 2.05) is 30.3 Å². The zero-order chi connectivity index (χ0) is 24.6. The number of nitrogens with zero attached hydrogens (tertiary/aromatic N) is 2. The summed E-state index contributed by atoms with van der Waals surface area (Å²) in [5, 5.41) is 3.25. The van der Waals surface area contributed by atoms with E-state index in [9.17, 15) is 13.2 Å². The number of fused-ring (bicyclic) bond motifs is 1. The van der Waals surface area contributed by atoms with Crippen LogP contribution in [-0.4, -0.2) is 47.7 Å². The number of sulfonamides is 1. The Morgan fingerprint density at radius 3 is 2.66 bits per heavy atom. The van der Waals surface area contributed by atoms with Crippen LogP contribution in [0.25, 0.3) is 22.4 Å². The van der Waals surface area contributed by atoms with E-state index in [-0.39, 0.29) is 29.3 Å². The van der Waals surface area contributed by atoms with Crippen molar-refractivity contribution in [2.75, 3.05) is 13.1 Å². The molecule has 3 aromatic rings. The summed E-state index contributed by atoms with van der Waals surface area (Å²) in [6, 6.07) is 14.9. The van der Waals surface area contributed by atoms with E-state index in [0.29, 0.717) is 42.6 Å². The maximum Gasteiger partial charge on any atom is 0.243 e. The highest BCUT2D eigenvalue weighted by molar-refractivity contribution is 7.89. The molecule has 0 bridgehead atoms. The number of benzene rings is 2. The van der Waals surface area contributed by atoms with Crippen LogP contribution in [0.5, 0.6) is 0 Å². The quantitative estimate of drug-likeness (QED) is 0.543. The van der Waals surface area contributed by atoms with Crippen molar-refractivity contribution in [3.63, 3.8) is 0 Å². The fraction of sp³-hybridized carbons (Fsp3) is 0.481. The fourth-order valence-corrected chi connectivity index (χ4v) is 7.04. The van der Waals surface area contributed by atoms with E-state index in [2.05, 4.69) is 29.1 Å². The first-order chi connectivity index (χ1) is 16.8. The first-order valence-corrected chi connectivity index (χ1v) is 14.1. The zero-order valence-electron chi connectivity index (χ0n) is 20.4. The lowest BCUT2D eigenvalue weighted by molar-refractivity contribution is -0.127. The van der Waals surface area contributed by atoms with Crippen LogP contribution in [0, 0.1) is 17.8 Å². The Balaban J connectivity index is 1.32. The highest BCUT2D eigenvalue weighted by Crippen LogP contribution is 2.31. The molecule has 2 N–H and O–H groups in total. The Morgan fingerprint density at radius 1 is 1.06 bits per heavy atom. The second-order valence-electron chi connectivity index (χ2n) is 10.2. The second-order valence-corrected chi connectivity index (χ2v) is 12.2. The lowest BCUT2D eigenvalue weighted by Gasteiger charge is -2.37. The van der Waals surface area contributed by atoms with E-state index in [1.54, 1.807) is 18.2 Å². The van der Waals surface area contributed by atoms with Crippen molar-refractivity contribution in [1.82, 2.24) is 19.6 Å². The molecule has 1 aromatic heterocycles. The van der Waals surface area contributed by atoms with Gasteiger partial charge >= 0.3 is 0 Å². The van der Waals surface area contributed by atoms with Gasteiger partial charge in [-0.25, -0.2) is 13.4 Å². The minimum Gasteiger partial charge on any atom is -0.353 e. The van der Waals surface area contributed by atoms with Gasteiger partial charge in [-0.15, -0.1) is 0 Å². The van der Waals surface area contributed by atoms with Gasteiger partial charge in [0, 0.05) is 24.7 Å². The molecule has 8 heteroatoms. The normalized spacial score (nSPS) is 26.0. The van der Waals surface area contributed by atoms with E-state index in [1.165, 1.54) is 10.7 Å². The SMILES string of the molecule is CC1CCCC(NC(=O)C2CCCN(S(=O)(=O)c3ccc4nc(-c5ccccc5)[nH]c4c3)C2)C1C. The van der Waals surface area contributed by atoms with Gasteiger partial charge in [-0.3, -0.25) is 4.79 Å². The Hall–Kier alpha value is -2.71. The van der Waals surface area contributed by atoms with Crippen LogP contribution >= 0.6 is 0 Å². The van der Waals surface area contributed by atoms with Gasteiger partial charge in [0.1, 0.15) is 5.82 Å². The number of amides is 1. The molecule has 1 saturated heterocycles. The molecule has 4 atom stereocenters. The third-order valence-electron chi connectivity index (χ3n) is 7.93. The summed E-state index contributed by atoms with van der Waals surface area (Å²) in [6.07, 6.45) is 4.73. The Morgan fingerprint density at radius 2 is 1.86 bits per heavy atom. The molecule has 2 aromatic carbocycles. The zero-order valence-corrected chi connectivity index (χ0v) is 21.2. The van der Waals surface area contributed by atoms with Crippen molar-refractivity contribution in [2.45, 2.75) is 56.9 Å². The largest absolute Gasteiger partial charge is 0.353 e. The molecular formula is C27H34N4O3S. The average molecular weight is 495 g/mol. The number of aromatic nitrogens is 2. The van der Waals surface area contributed by atoms with Crippen molar-refractivity contribution in [3.8, 4) is 11.4 Å². The van der Waals surface area contributed by atoms with Gasteiger partial charge in [-0.1, -0.05) is 57.0 Å². The first-order valence-electron chi connectivity index (χ1n) is 12.7. The summed E-state index contributed by atoms with van der Waals surface area (Å²) in [5.41, 5.74) is 2.34. The Kier molecular flexibility index (Phi) is 6.68. The number of hydrogen-bond donors (Lipinski definition) is 2. The fourth-order valence-electron chi connectivity index (χ4n) is 5.49. The van der Waals surface area contributed by atoms with Crippen LogP contribution < -0.4 is 5.32 Å². The summed E-state index contributed by atoms with van der Waals surface area (Å²) < 4.78 is 28.5. The van der Waals surface area contributed by atoms with Crippen molar-refractivity contribution >= 4 is 27.0 Å². The third-order valence-corrected chi connectivity index (χ3v) is 9.79. The molecule has 1 saturated carbocycles. The van der Waals surface area contributed by atoms with Gasteiger partial charge in [-0.2, -0.15) is 4.31 Å². The van der Waals surface area contributed by atoms with Crippen LogP contribution in [0.3, 0.4) is 0 Å². The Bertz CT molecular complexity index is 1300. The lowest BCUT2D eigenvalue weighted by atomic mass is 9.78. The number of nitrogens with one attached hydrogen (secondary N) is 2. The number of imidazole rings is 1. The van der Waals surface area contributed by atoms with E-state index in [0.717, 1.165) is 23.9 Å². The van der Waals surface area contributed by atoms with Gasteiger partial charge in [0.2, 0.25) is 15.9 Å². The highest BCUT2D eigenvalue weighted by Gasteiger charge is 2.35. The highest BCUT2D eigenvalue weighted by atomic mass is 32.2. The number of carbonyl (C=O) groups is 1. The van der Waals surface area contributed by atoms with Crippen molar-refractivity contribution in [1.29, 1.82) is 0 Å². The summed E-state index contributed by atoms with van der Waals surface area (Å²) in [7, 11) is -3.72. The molecule has 5 rings (SSSR count). The second kappa shape index (κ2) is 9.74. The summed E-state index contributed by atoms with van der Waals surface area (Å²) in [6.45, 7) is 5.11. The smallest absolute Gasteiger partial charge is 0.243 e. The van der Waals surface area contributed by atoms with Gasteiger partial charge in [0.05, 0.1) is 21.8 Å². The molecule has 35 heavy (non-hydrogen) atoms. The number of carbonyl (C=O) groups excluding carboxylic acids is 1. The summed E-state index contributed by atoms with van der Waals surface area (Å²) >= 11 is 0. The van der Waals surface area contributed by atoms with Crippen LogP contribution in [0.1, 0.15) is 46.0 Å². The van der Waals surface area contributed by atoms with E-state index in [4.69, 9.17) is 0 Å². The number of piperidine rings is 1.